The summed E-state index contributed by atoms with van der Waals surface area (Å²) < 4.78 is 13.1. The van der Waals surface area contributed by atoms with E-state index in [9.17, 15) is 14.0 Å². The van der Waals surface area contributed by atoms with Crippen molar-refractivity contribution in [1.29, 1.82) is 0 Å². The molecule has 4 nitrogen and oxygen atoms in total. The van der Waals surface area contributed by atoms with Gasteiger partial charge in [-0.05, 0) is 42.8 Å². The van der Waals surface area contributed by atoms with Crippen molar-refractivity contribution >= 4 is 17.5 Å². The van der Waals surface area contributed by atoms with Crippen LogP contribution in [0.25, 0.3) is 0 Å². The molecule has 1 atom stereocenters. The fraction of sp³-hybridized carbons (Fsp3) is 0.300. The smallest absolute Gasteiger partial charge is 0.253 e. The first-order chi connectivity index (χ1) is 12.1. The summed E-state index contributed by atoms with van der Waals surface area (Å²) in [5.74, 6) is -0.253. The molecule has 0 saturated carbocycles. The summed E-state index contributed by atoms with van der Waals surface area (Å²) in [7, 11) is 0. The summed E-state index contributed by atoms with van der Waals surface area (Å²) in [5.41, 5.74) is 1.20. The highest BCUT2D eigenvalue weighted by atomic mass is 19.1. The molecule has 2 heterocycles. The number of carbonyl (C=O) groups is 2. The van der Waals surface area contributed by atoms with Crippen molar-refractivity contribution in [2.75, 3.05) is 24.5 Å². The van der Waals surface area contributed by atoms with E-state index >= 15 is 0 Å². The zero-order valence-electron chi connectivity index (χ0n) is 13.8. The van der Waals surface area contributed by atoms with E-state index < -0.39 is 0 Å². The Kier molecular flexibility index (Phi) is 3.79. The minimum absolute atomic E-state index is 0.0187. The van der Waals surface area contributed by atoms with Gasteiger partial charge in [0.2, 0.25) is 5.91 Å². The van der Waals surface area contributed by atoms with Crippen LogP contribution in [0, 0.1) is 11.2 Å². The van der Waals surface area contributed by atoms with Gasteiger partial charge in [-0.3, -0.25) is 9.59 Å². The SMILES string of the molecule is O=C(c1ccccc1)N1CCC2(CC(=O)N(c3ccc(F)cc3)C2)C1. The lowest BCUT2D eigenvalue weighted by Gasteiger charge is -2.24. The van der Waals surface area contributed by atoms with Crippen LogP contribution in [0.4, 0.5) is 10.1 Å². The van der Waals surface area contributed by atoms with Gasteiger partial charge in [0, 0.05) is 42.7 Å². The monoisotopic (exact) mass is 338 g/mol. The Hall–Kier alpha value is -2.69. The van der Waals surface area contributed by atoms with Crippen molar-refractivity contribution in [3.63, 3.8) is 0 Å². The third-order valence-electron chi connectivity index (χ3n) is 5.21. The van der Waals surface area contributed by atoms with E-state index in [4.69, 9.17) is 0 Å². The molecule has 2 aliphatic heterocycles. The number of anilines is 1. The fourth-order valence-electron chi connectivity index (χ4n) is 3.90. The lowest BCUT2D eigenvalue weighted by molar-refractivity contribution is -0.117. The summed E-state index contributed by atoms with van der Waals surface area (Å²) >= 11 is 0. The Morgan fingerprint density at radius 1 is 1.00 bits per heavy atom. The number of nitrogens with zero attached hydrogens (tertiary/aromatic N) is 2. The first-order valence-electron chi connectivity index (χ1n) is 8.47. The Bertz CT molecular complexity index is 806. The number of hydrogen-bond donors (Lipinski definition) is 0. The van der Waals surface area contributed by atoms with E-state index in [1.54, 1.807) is 17.0 Å². The molecule has 0 aromatic heterocycles. The molecular formula is C20H19FN2O2. The van der Waals surface area contributed by atoms with Crippen molar-refractivity contribution in [3.8, 4) is 0 Å². The first-order valence-corrected chi connectivity index (χ1v) is 8.47. The molecule has 0 aliphatic carbocycles. The van der Waals surface area contributed by atoms with Gasteiger partial charge in [0.1, 0.15) is 5.82 Å². The van der Waals surface area contributed by atoms with Crippen LogP contribution in [-0.4, -0.2) is 36.3 Å². The molecule has 25 heavy (non-hydrogen) atoms. The lowest BCUT2D eigenvalue weighted by atomic mass is 9.86. The van der Waals surface area contributed by atoms with E-state index in [0.717, 1.165) is 12.1 Å². The van der Waals surface area contributed by atoms with Gasteiger partial charge in [0.05, 0.1) is 0 Å². The van der Waals surface area contributed by atoms with E-state index in [1.165, 1.54) is 12.1 Å². The van der Waals surface area contributed by atoms with Crippen LogP contribution < -0.4 is 4.90 Å². The van der Waals surface area contributed by atoms with Crippen molar-refractivity contribution in [2.45, 2.75) is 12.8 Å². The zero-order chi connectivity index (χ0) is 17.4. The highest BCUT2D eigenvalue weighted by Gasteiger charge is 2.48. The molecule has 2 amide bonds. The summed E-state index contributed by atoms with van der Waals surface area (Å²) in [6.07, 6.45) is 1.25. The Morgan fingerprint density at radius 2 is 1.72 bits per heavy atom. The molecule has 1 spiro atoms. The van der Waals surface area contributed by atoms with Crippen molar-refractivity contribution in [1.82, 2.24) is 4.90 Å². The van der Waals surface area contributed by atoms with Crippen molar-refractivity contribution in [2.24, 2.45) is 5.41 Å². The van der Waals surface area contributed by atoms with Crippen LogP contribution in [0.5, 0.6) is 0 Å². The number of benzene rings is 2. The molecular weight excluding hydrogens is 319 g/mol. The molecule has 2 aromatic rings. The topological polar surface area (TPSA) is 40.6 Å². The molecule has 2 aromatic carbocycles. The number of amides is 2. The zero-order valence-corrected chi connectivity index (χ0v) is 13.8. The van der Waals surface area contributed by atoms with Gasteiger partial charge >= 0.3 is 0 Å². The predicted molar refractivity (Wildman–Crippen MR) is 92.8 cm³/mol. The summed E-state index contributed by atoms with van der Waals surface area (Å²) in [5, 5.41) is 0. The van der Waals surface area contributed by atoms with Crippen LogP contribution >= 0.6 is 0 Å². The molecule has 1 unspecified atom stereocenters. The number of rotatable bonds is 2. The van der Waals surface area contributed by atoms with Crippen LogP contribution in [0.15, 0.2) is 54.6 Å². The van der Waals surface area contributed by atoms with Gasteiger partial charge in [0.15, 0.2) is 0 Å². The largest absolute Gasteiger partial charge is 0.338 e. The first kappa shape index (κ1) is 15.8. The van der Waals surface area contributed by atoms with E-state index in [1.807, 2.05) is 35.2 Å². The molecule has 2 saturated heterocycles. The standard InChI is InChI=1S/C20H19FN2O2/c21-16-6-8-17(9-7-16)23-14-20(12-18(23)24)10-11-22(13-20)19(25)15-4-2-1-3-5-15/h1-9H,10-14H2. The van der Waals surface area contributed by atoms with Gasteiger partial charge in [-0.2, -0.15) is 0 Å². The summed E-state index contributed by atoms with van der Waals surface area (Å²) in [6, 6.07) is 15.2. The predicted octanol–water partition coefficient (Wildman–Crippen LogP) is 3.09. The second-order valence-electron chi connectivity index (χ2n) is 6.98. The number of carbonyl (C=O) groups excluding carboxylic acids is 2. The van der Waals surface area contributed by atoms with Gasteiger partial charge in [-0.25, -0.2) is 4.39 Å². The second kappa shape index (κ2) is 5.99. The van der Waals surface area contributed by atoms with Gasteiger partial charge in [-0.1, -0.05) is 18.2 Å². The third kappa shape index (κ3) is 2.90. The van der Waals surface area contributed by atoms with Gasteiger partial charge in [0.25, 0.3) is 5.91 Å². The van der Waals surface area contributed by atoms with E-state index in [2.05, 4.69) is 0 Å². The molecule has 128 valence electrons. The van der Waals surface area contributed by atoms with Crippen molar-refractivity contribution < 1.29 is 14.0 Å². The van der Waals surface area contributed by atoms with Crippen molar-refractivity contribution in [3.05, 3.63) is 66.0 Å². The minimum Gasteiger partial charge on any atom is -0.338 e. The van der Waals surface area contributed by atoms with Crippen LogP contribution in [0.1, 0.15) is 23.2 Å². The normalized spacial score (nSPS) is 22.8. The second-order valence-corrected chi connectivity index (χ2v) is 6.98. The Balaban J connectivity index is 1.50. The third-order valence-corrected chi connectivity index (χ3v) is 5.21. The number of halogens is 1. The molecule has 0 N–H and O–H groups in total. The fourth-order valence-corrected chi connectivity index (χ4v) is 3.90. The number of likely N-dealkylation sites (tertiary alicyclic amines) is 1. The van der Waals surface area contributed by atoms with Gasteiger partial charge < -0.3 is 9.80 Å². The van der Waals surface area contributed by atoms with Crippen LogP contribution in [0.2, 0.25) is 0 Å². The Labute approximate surface area is 145 Å². The van der Waals surface area contributed by atoms with Crippen LogP contribution in [0.3, 0.4) is 0 Å². The highest BCUT2D eigenvalue weighted by molar-refractivity contribution is 5.97. The van der Waals surface area contributed by atoms with Gasteiger partial charge in [-0.15, -0.1) is 0 Å². The quantitative estimate of drug-likeness (QED) is 0.844. The minimum atomic E-state index is -0.314. The maximum atomic E-state index is 13.1. The highest BCUT2D eigenvalue weighted by Crippen LogP contribution is 2.42. The molecule has 2 aliphatic rings. The van der Waals surface area contributed by atoms with E-state index in [0.29, 0.717) is 31.6 Å². The molecule has 2 fully saturated rings. The molecule has 0 bridgehead atoms. The van der Waals surface area contributed by atoms with Crippen LogP contribution in [-0.2, 0) is 4.79 Å². The average Bonchev–Trinajstić information content (AvgIpc) is 3.19. The average molecular weight is 338 g/mol. The maximum Gasteiger partial charge on any atom is 0.253 e. The van der Waals surface area contributed by atoms with E-state index in [-0.39, 0.29) is 23.0 Å². The molecule has 0 radical (unpaired) electrons. The Morgan fingerprint density at radius 3 is 2.44 bits per heavy atom. The lowest BCUT2D eigenvalue weighted by Crippen LogP contribution is -2.34. The summed E-state index contributed by atoms with van der Waals surface area (Å²) in [6.45, 7) is 1.83. The maximum absolute atomic E-state index is 13.1. The molecule has 5 heteroatoms. The number of hydrogen-bond acceptors (Lipinski definition) is 2. The summed E-state index contributed by atoms with van der Waals surface area (Å²) in [4.78, 5) is 28.7. The molecule has 4 rings (SSSR count).